The number of nitrogens with one attached hydrogen (secondary N) is 1. The number of amides is 1. The van der Waals surface area contributed by atoms with Crippen molar-refractivity contribution in [3.63, 3.8) is 0 Å². The SMILES string of the molecule is Cc1ccc(NC(=O)CS(=O)(=O)Cc2ccccc2C#N)cc1. The molecule has 0 spiro atoms. The summed E-state index contributed by atoms with van der Waals surface area (Å²) in [6.07, 6.45) is 0. The maximum atomic E-state index is 12.2. The number of anilines is 1. The lowest BCUT2D eigenvalue weighted by atomic mass is 10.1. The van der Waals surface area contributed by atoms with Gasteiger partial charge in [-0.15, -0.1) is 0 Å². The summed E-state index contributed by atoms with van der Waals surface area (Å²) in [7, 11) is -3.66. The lowest BCUT2D eigenvalue weighted by molar-refractivity contribution is -0.113. The molecular formula is C17H16N2O3S. The Kier molecular flexibility index (Phi) is 5.14. The van der Waals surface area contributed by atoms with Gasteiger partial charge in [0.1, 0.15) is 5.75 Å². The van der Waals surface area contributed by atoms with Crippen LogP contribution in [0.4, 0.5) is 5.69 Å². The molecule has 118 valence electrons. The Morgan fingerprint density at radius 3 is 2.43 bits per heavy atom. The molecule has 1 amide bonds. The van der Waals surface area contributed by atoms with Gasteiger partial charge in [-0.1, -0.05) is 35.9 Å². The van der Waals surface area contributed by atoms with E-state index in [9.17, 15) is 13.2 Å². The molecule has 0 radical (unpaired) electrons. The first kappa shape index (κ1) is 16.7. The molecule has 2 aromatic rings. The number of sulfone groups is 1. The van der Waals surface area contributed by atoms with Gasteiger partial charge in [-0.3, -0.25) is 4.79 Å². The van der Waals surface area contributed by atoms with E-state index in [2.05, 4.69) is 5.32 Å². The van der Waals surface area contributed by atoms with Gasteiger partial charge in [-0.25, -0.2) is 8.42 Å². The minimum Gasteiger partial charge on any atom is -0.325 e. The number of nitriles is 1. The Morgan fingerprint density at radius 2 is 1.78 bits per heavy atom. The van der Waals surface area contributed by atoms with Crippen LogP contribution in [-0.2, 0) is 20.4 Å². The van der Waals surface area contributed by atoms with Gasteiger partial charge in [0, 0.05) is 5.69 Å². The molecule has 0 aliphatic rings. The highest BCUT2D eigenvalue weighted by molar-refractivity contribution is 7.91. The molecule has 2 aromatic carbocycles. The maximum absolute atomic E-state index is 12.2. The summed E-state index contributed by atoms with van der Waals surface area (Å²) in [5.41, 5.74) is 2.30. The molecule has 0 saturated carbocycles. The Morgan fingerprint density at radius 1 is 1.13 bits per heavy atom. The summed E-state index contributed by atoms with van der Waals surface area (Å²) in [5.74, 6) is -1.55. The van der Waals surface area contributed by atoms with Gasteiger partial charge in [-0.05, 0) is 30.7 Å². The average Bonchev–Trinajstić information content (AvgIpc) is 2.49. The zero-order valence-corrected chi connectivity index (χ0v) is 13.4. The van der Waals surface area contributed by atoms with Crippen LogP contribution in [0.2, 0.25) is 0 Å². The second kappa shape index (κ2) is 7.07. The minimum atomic E-state index is -3.66. The summed E-state index contributed by atoms with van der Waals surface area (Å²) in [4.78, 5) is 11.9. The number of nitrogens with zero attached hydrogens (tertiary/aromatic N) is 1. The van der Waals surface area contributed by atoms with E-state index in [4.69, 9.17) is 5.26 Å². The quantitative estimate of drug-likeness (QED) is 0.913. The van der Waals surface area contributed by atoms with Crippen LogP contribution in [0.1, 0.15) is 16.7 Å². The van der Waals surface area contributed by atoms with Crippen LogP contribution in [0.15, 0.2) is 48.5 Å². The van der Waals surface area contributed by atoms with Crippen molar-refractivity contribution < 1.29 is 13.2 Å². The van der Waals surface area contributed by atoms with Crippen molar-refractivity contribution >= 4 is 21.4 Å². The largest absolute Gasteiger partial charge is 0.325 e. The highest BCUT2D eigenvalue weighted by Gasteiger charge is 2.19. The Hall–Kier alpha value is -2.65. The molecule has 0 bridgehead atoms. The van der Waals surface area contributed by atoms with E-state index < -0.39 is 21.5 Å². The molecule has 0 fully saturated rings. The van der Waals surface area contributed by atoms with Crippen molar-refractivity contribution in [2.24, 2.45) is 0 Å². The Labute approximate surface area is 135 Å². The minimum absolute atomic E-state index is 0.301. The summed E-state index contributed by atoms with van der Waals surface area (Å²) in [6, 6.07) is 15.5. The molecule has 1 N–H and O–H groups in total. The zero-order valence-electron chi connectivity index (χ0n) is 12.6. The zero-order chi connectivity index (χ0) is 16.9. The summed E-state index contributed by atoms with van der Waals surface area (Å²) < 4.78 is 24.3. The molecule has 2 rings (SSSR count). The monoisotopic (exact) mass is 328 g/mol. The predicted octanol–water partition coefficient (Wildman–Crippen LogP) is 2.42. The third-order valence-corrected chi connectivity index (χ3v) is 4.65. The third-order valence-electron chi connectivity index (χ3n) is 3.20. The fourth-order valence-corrected chi connectivity index (χ4v) is 3.38. The van der Waals surface area contributed by atoms with E-state index >= 15 is 0 Å². The summed E-state index contributed by atoms with van der Waals surface area (Å²) >= 11 is 0. The van der Waals surface area contributed by atoms with Crippen LogP contribution in [0.3, 0.4) is 0 Å². The smallest absolute Gasteiger partial charge is 0.239 e. The van der Waals surface area contributed by atoms with Gasteiger partial charge < -0.3 is 5.32 Å². The highest BCUT2D eigenvalue weighted by Crippen LogP contribution is 2.13. The maximum Gasteiger partial charge on any atom is 0.239 e. The molecule has 23 heavy (non-hydrogen) atoms. The lowest BCUT2D eigenvalue weighted by Crippen LogP contribution is -2.24. The normalized spacial score (nSPS) is 10.8. The summed E-state index contributed by atoms with van der Waals surface area (Å²) in [6.45, 7) is 1.92. The van der Waals surface area contributed by atoms with Crippen LogP contribution < -0.4 is 5.32 Å². The van der Waals surface area contributed by atoms with Gasteiger partial charge >= 0.3 is 0 Å². The molecule has 6 heteroatoms. The van der Waals surface area contributed by atoms with E-state index in [0.29, 0.717) is 16.8 Å². The van der Waals surface area contributed by atoms with Crippen molar-refractivity contribution in [2.75, 3.05) is 11.1 Å². The first-order chi connectivity index (χ1) is 10.9. The second-order valence-electron chi connectivity index (χ2n) is 5.22. The fourth-order valence-electron chi connectivity index (χ4n) is 2.08. The number of rotatable bonds is 5. The molecule has 0 unspecified atom stereocenters. The van der Waals surface area contributed by atoms with Crippen molar-refractivity contribution in [3.8, 4) is 6.07 Å². The van der Waals surface area contributed by atoms with E-state index in [1.54, 1.807) is 36.4 Å². The number of carbonyl (C=O) groups excluding carboxylic acids is 1. The molecule has 0 aliphatic heterocycles. The van der Waals surface area contributed by atoms with E-state index in [1.165, 1.54) is 0 Å². The van der Waals surface area contributed by atoms with E-state index in [-0.39, 0.29) is 5.75 Å². The van der Waals surface area contributed by atoms with Gasteiger partial charge in [0.2, 0.25) is 5.91 Å². The fraction of sp³-hybridized carbons (Fsp3) is 0.176. The topological polar surface area (TPSA) is 87.0 Å². The molecule has 0 atom stereocenters. The van der Waals surface area contributed by atoms with Crippen molar-refractivity contribution in [1.29, 1.82) is 5.26 Å². The van der Waals surface area contributed by atoms with Crippen molar-refractivity contribution in [3.05, 3.63) is 65.2 Å². The van der Waals surface area contributed by atoms with Crippen LogP contribution >= 0.6 is 0 Å². The van der Waals surface area contributed by atoms with Crippen LogP contribution in [0.5, 0.6) is 0 Å². The number of hydrogen-bond acceptors (Lipinski definition) is 4. The van der Waals surface area contributed by atoms with Crippen molar-refractivity contribution in [2.45, 2.75) is 12.7 Å². The molecule has 0 saturated heterocycles. The summed E-state index contributed by atoms with van der Waals surface area (Å²) in [5, 5.41) is 11.5. The number of benzene rings is 2. The van der Waals surface area contributed by atoms with Gasteiger partial charge in [0.25, 0.3) is 0 Å². The van der Waals surface area contributed by atoms with Crippen LogP contribution in [0, 0.1) is 18.3 Å². The highest BCUT2D eigenvalue weighted by atomic mass is 32.2. The average molecular weight is 328 g/mol. The Balaban J connectivity index is 2.04. The standard InChI is InChI=1S/C17H16N2O3S/c1-13-6-8-16(9-7-13)19-17(20)12-23(21,22)11-15-5-3-2-4-14(15)10-18/h2-9H,11-12H2,1H3,(H,19,20). The molecule has 0 aromatic heterocycles. The van der Waals surface area contributed by atoms with Crippen LogP contribution in [0.25, 0.3) is 0 Å². The molecule has 0 heterocycles. The lowest BCUT2D eigenvalue weighted by Gasteiger charge is -2.08. The first-order valence-electron chi connectivity index (χ1n) is 6.94. The van der Waals surface area contributed by atoms with Crippen LogP contribution in [-0.4, -0.2) is 20.1 Å². The van der Waals surface area contributed by atoms with Gasteiger partial charge in [0.05, 0.1) is 17.4 Å². The number of hydrogen-bond donors (Lipinski definition) is 1. The number of carbonyl (C=O) groups is 1. The second-order valence-corrected chi connectivity index (χ2v) is 7.28. The van der Waals surface area contributed by atoms with Gasteiger partial charge in [0.15, 0.2) is 9.84 Å². The molecular weight excluding hydrogens is 312 g/mol. The first-order valence-corrected chi connectivity index (χ1v) is 8.77. The Bertz CT molecular complexity index is 850. The molecule has 5 nitrogen and oxygen atoms in total. The van der Waals surface area contributed by atoms with E-state index in [1.807, 2.05) is 25.1 Å². The number of aryl methyl sites for hydroxylation is 1. The van der Waals surface area contributed by atoms with Crippen molar-refractivity contribution in [1.82, 2.24) is 0 Å². The third kappa shape index (κ3) is 4.94. The van der Waals surface area contributed by atoms with Gasteiger partial charge in [-0.2, -0.15) is 5.26 Å². The predicted molar refractivity (Wildman–Crippen MR) is 88.5 cm³/mol. The van der Waals surface area contributed by atoms with E-state index in [0.717, 1.165) is 5.56 Å². The molecule has 0 aliphatic carbocycles.